The Hall–Kier alpha value is -4.13. The number of aromatic nitrogens is 5. The van der Waals surface area contributed by atoms with Gasteiger partial charge in [-0.1, -0.05) is 0 Å². The Morgan fingerprint density at radius 3 is 2.76 bits per heavy atom. The third-order valence-electron chi connectivity index (χ3n) is 6.45. The van der Waals surface area contributed by atoms with Crippen LogP contribution >= 0.6 is 0 Å². The van der Waals surface area contributed by atoms with Crippen LogP contribution in [0.1, 0.15) is 31.6 Å². The molecule has 10 nitrogen and oxygen atoms in total. The number of alkyl halides is 1. The number of benzene rings is 1. The first-order chi connectivity index (χ1) is 17.8. The molecule has 3 atom stereocenters. The van der Waals surface area contributed by atoms with Gasteiger partial charge in [-0.05, 0) is 38.0 Å². The predicted molar refractivity (Wildman–Crippen MR) is 125 cm³/mol. The van der Waals surface area contributed by atoms with Crippen LogP contribution in [0.15, 0.2) is 42.7 Å². The average Bonchev–Trinajstić information content (AvgIpc) is 3.21. The van der Waals surface area contributed by atoms with Gasteiger partial charge in [0, 0.05) is 35.6 Å². The molecule has 192 valence electrons. The fraction of sp³-hybridized carbons (Fsp3) is 0.333. The Morgan fingerprint density at radius 1 is 1.22 bits per heavy atom. The Morgan fingerprint density at radius 2 is 2.00 bits per heavy atom. The summed E-state index contributed by atoms with van der Waals surface area (Å²) >= 11 is 0. The minimum atomic E-state index is -1.59. The molecule has 1 aliphatic heterocycles. The lowest BCUT2D eigenvalue weighted by molar-refractivity contribution is 0.0604. The van der Waals surface area contributed by atoms with Gasteiger partial charge in [0.2, 0.25) is 0 Å². The average molecular weight is 513 g/mol. The third kappa shape index (κ3) is 4.69. The highest BCUT2D eigenvalue weighted by atomic mass is 19.1. The number of carbonyl (C=O) groups excluding carboxylic acids is 1. The molecule has 3 aromatic heterocycles. The molecule has 2 aliphatic rings. The van der Waals surface area contributed by atoms with Crippen molar-refractivity contribution in [3.8, 4) is 11.3 Å². The molecule has 2 fully saturated rings. The lowest BCUT2D eigenvalue weighted by atomic mass is 10.1. The number of nitrogens with one attached hydrogen (secondary N) is 3. The van der Waals surface area contributed by atoms with Gasteiger partial charge in [-0.15, -0.1) is 0 Å². The number of ether oxygens (including phenoxy) is 2. The molecule has 1 saturated carbocycles. The monoisotopic (exact) mass is 513 g/mol. The fourth-order valence-corrected chi connectivity index (χ4v) is 4.19. The van der Waals surface area contributed by atoms with E-state index in [9.17, 15) is 13.6 Å². The topological polar surface area (TPSA) is 118 Å². The number of rotatable bonds is 6. The summed E-state index contributed by atoms with van der Waals surface area (Å²) in [6, 6.07) is 6.36. The summed E-state index contributed by atoms with van der Waals surface area (Å²) in [5.74, 6) is -0.724. The number of carbonyl (C=O) groups is 1. The lowest BCUT2D eigenvalue weighted by Crippen LogP contribution is -2.39. The van der Waals surface area contributed by atoms with E-state index >= 15 is 4.39 Å². The predicted octanol–water partition coefficient (Wildman–Crippen LogP) is 4.20. The van der Waals surface area contributed by atoms with Crippen molar-refractivity contribution in [3.63, 3.8) is 0 Å². The van der Waals surface area contributed by atoms with Crippen LogP contribution in [0.25, 0.3) is 16.8 Å². The van der Waals surface area contributed by atoms with Gasteiger partial charge in [0.05, 0.1) is 18.0 Å². The van der Waals surface area contributed by atoms with Crippen LogP contribution in [0, 0.1) is 11.6 Å². The molecular formula is C24H22F3N7O3. The highest BCUT2D eigenvalue weighted by Gasteiger charge is 2.44. The molecule has 4 heterocycles. The molecule has 3 N–H and O–H groups in total. The van der Waals surface area contributed by atoms with Gasteiger partial charge >= 0.3 is 6.09 Å². The zero-order chi connectivity index (χ0) is 25.7. The molecule has 1 aromatic carbocycles. The quantitative estimate of drug-likeness (QED) is 0.354. The zero-order valence-corrected chi connectivity index (χ0v) is 19.5. The molecule has 1 amide bonds. The van der Waals surface area contributed by atoms with E-state index in [0.29, 0.717) is 28.5 Å². The molecule has 0 spiro atoms. The van der Waals surface area contributed by atoms with Crippen LogP contribution in [-0.4, -0.2) is 55.3 Å². The number of anilines is 2. The third-order valence-corrected chi connectivity index (χ3v) is 6.45. The van der Waals surface area contributed by atoms with Crippen molar-refractivity contribution in [1.29, 1.82) is 0 Å². The van der Waals surface area contributed by atoms with Crippen LogP contribution in [0.3, 0.4) is 0 Å². The number of amides is 1. The maximum atomic E-state index is 15.0. The summed E-state index contributed by atoms with van der Waals surface area (Å²) < 4.78 is 54.7. The molecule has 1 aliphatic carbocycles. The van der Waals surface area contributed by atoms with Crippen LogP contribution < -0.4 is 10.6 Å². The summed E-state index contributed by atoms with van der Waals surface area (Å²) in [7, 11) is 0. The number of alkyl carbamates (subject to hydrolysis) is 1. The van der Waals surface area contributed by atoms with Crippen molar-refractivity contribution in [2.45, 2.75) is 43.7 Å². The van der Waals surface area contributed by atoms with E-state index in [-0.39, 0.29) is 17.7 Å². The molecule has 6 rings (SSSR count). The second kappa shape index (κ2) is 8.76. The van der Waals surface area contributed by atoms with Gasteiger partial charge in [0.25, 0.3) is 0 Å². The molecule has 0 unspecified atom stereocenters. The van der Waals surface area contributed by atoms with Crippen molar-refractivity contribution < 1.29 is 27.4 Å². The van der Waals surface area contributed by atoms with Gasteiger partial charge in [0.15, 0.2) is 23.9 Å². The molecule has 1 saturated heterocycles. The van der Waals surface area contributed by atoms with Crippen LogP contribution in [0.4, 0.5) is 29.6 Å². The summed E-state index contributed by atoms with van der Waals surface area (Å²) in [4.78, 5) is 16.3. The lowest BCUT2D eigenvalue weighted by Gasteiger charge is -2.17. The Labute approximate surface area is 208 Å². The van der Waals surface area contributed by atoms with Gasteiger partial charge in [-0.25, -0.2) is 27.5 Å². The molecule has 0 bridgehead atoms. The first kappa shape index (κ1) is 23.3. The first-order valence-electron chi connectivity index (χ1n) is 11.6. The van der Waals surface area contributed by atoms with Crippen molar-refractivity contribution in [2.75, 3.05) is 11.9 Å². The molecule has 0 radical (unpaired) electrons. The SMILES string of the molecule is CC1(NC(=O)O[C@@H]2CO[C@H](c3cc(Nc4nccn5nc(-c6cc(F)cc(F)c6)cc45)n[nH]3)[C@@H]2F)CC1. The van der Waals surface area contributed by atoms with Crippen molar-refractivity contribution in [3.05, 3.63) is 60.1 Å². The van der Waals surface area contributed by atoms with Gasteiger partial charge in [0.1, 0.15) is 23.3 Å². The van der Waals surface area contributed by atoms with E-state index in [1.807, 2.05) is 6.92 Å². The molecule has 4 aromatic rings. The fourth-order valence-electron chi connectivity index (χ4n) is 4.19. The highest BCUT2D eigenvalue weighted by Crippen LogP contribution is 2.36. The van der Waals surface area contributed by atoms with E-state index in [1.165, 1.54) is 22.8 Å². The van der Waals surface area contributed by atoms with Crippen LogP contribution in [0.5, 0.6) is 0 Å². The highest BCUT2D eigenvalue weighted by molar-refractivity contribution is 5.77. The van der Waals surface area contributed by atoms with Crippen molar-refractivity contribution in [2.24, 2.45) is 0 Å². The van der Waals surface area contributed by atoms with Crippen LogP contribution in [0.2, 0.25) is 0 Å². The van der Waals surface area contributed by atoms with Crippen molar-refractivity contribution in [1.82, 2.24) is 30.1 Å². The molecule has 13 heteroatoms. The van der Waals surface area contributed by atoms with E-state index in [2.05, 4.69) is 30.9 Å². The number of hydrogen-bond acceptors (Lipinski definition) is 7. The Kier molecular flexibility index (Phi) is 5.51. The van der Waals surface area contributed by atoms with E-state index in [4.69, 9.17) is 9.47 Å². The van der Waals surface area contributed by atoms with Crippen LogP contribution in [-0.2, 0) is 9.47 Å². The minimum Gasteiger partial charge on any atom is -0.441 e. The number of halogens is 3. The number of H-pyrrole nitrogens is 1. The smallest absolute Gasteiger partial charge is 0.408 e. The number of nitrogens with zero attached hydrogens (tertiary/aromatic N) is 4. The summed E-state index contributed by atoms with van der Waals surface area (Å²) in [6.07, 6.45) is 0.531. The molecule has 37 heavy (non-hydrogen) atoms. The number of hydrogen-bond donors (Lipinski definition) is 3. The first-order valence-corrected chi connectivity index (χ1v) is 11.6. The number of aromatic amines is 1. The largest absolute Gasteiger partial charge is 0.441 e. The van der Waals surface area contributed by atoms with Gasteiger partial charge in [-0.3, -0.25) is 5.10 Å². The van der Waals surface area contributed by atoms with E-state index < -0.39 is 36.1 Å². The normalized spacial score (nSPS) is 22.2. The summed E-state index contributed by atoms with van der Waals surface area (Å²) in [5.41, 5.74) is 1.23. The zero-order valence-electron chi connectivity index (χ0n) is 19.5. The number of fused-ring (bicyclic) bond motifs is 1. The second-order valence-electron chi connectivity index (χ2n) is 9.45. The summed E-state index contributed by atoms with van der Waals surface area (Å²) in [6.45, 7) is 1.81. The Balaban J connectivity index is 1.17. The standard InChI is InChI=1S/C24H22F3N7O3/c1-24(2-3-24)30-23(35)37-18-11-36-21(20(18)27)16-10-19(32-31-16)29-22-17-9-15(33-34(17)5-4-28-22)12-6-13(25)8-14(26)7-12/h4-10,18,20-21H,2-3,11H2,1H3,(H,30,35)(H2,28,29,31,32)/t18-,20-,21-/m1/s1. The van der Waals surface area contributed by atoms with E-state index in [1.54, 1.807) is 18.3 Å². The maximum absolute atomic E-state index is 15.0. The minimum absolute atomic E-state index is 0.0854. The van der Waals surface area contributed by atoms with E-state index in [0.717, 1.165) is 18.9 Å². The molecular weight excluding hydrogens is 491 g/mol. The van der Waals surface area contributed by atoms with Gasteiger partial charge < -0.3 is 20.1 Å². The summed E-state index contributed by atoms with van der Waals surface area (Å²) in [5, 5.41) is 17.0. The Bertz CT molecular complexity index is 1470. The maximum Gasteiger partial charge on any atom is 0.408 e. The second-order valence-corrected chi connectivity index (χ2v) is 9.45. The van der Waals surface area contributed by atoms with Gasteiger partial charge in [-0.2, -0.15) is 10.2 Å². The van der Waals surface area contributed by atoms with Crippen molar-refractivity contribution >= 4 is 23.2 Å².